The average molecular weight is 230 g/mol. The summed E-state index contributed by atoms with van der Waals surface area (Å²) in [4.78, 5) is 3.97. The van der Waals surface area contributed by atoms with Crippen molar-refractivity contribution in [1.82, 2.24) is 14.8 Å². The fourth-order valence-electron chi connectivity index (χ4n) is 1.15. The molecule has 78 valence electrons. The second-order valence-electron chi connectivity index (χ2n) is 2.79. The molecule has 0 atom stereocenters. The van der Waals surface area contributed by atoms with Gasteiger partial charge in [-0.2, -0.15) is 13.9 Å². The van der Waals surface area contributed by atoms with Crippen molar-refractivity contribution < 1.29 is 8.78 Å². The Morgan fingerprint density at radius 2 is 2.13 bits per heavy atom. The average Bonchev–Trinajstić information content (AvgIpc) is 2.67. The van der Waals surface area contributed by atoms with E-state index in [1.54, 1.807) is 12.1 Å². The van der Waals surface area contributed by atoms with Crippen LogP contribution in [0.25, 0.3) is 11.4 Å². The van der Waals surface area contributed by atoms with E-state index in [0.29, 0.717) is 21.1 Å². The summed E-state index contributed by atoms with van der Waals surface area (Å²) in [5, 5.41) is 4.05. The standard InChI is InChI=1S/C9H6ClF2N3/c10-6-2-1-4-13-8(6)7-3-5-15(14-7)9(11)12/h1-5,9H. The topological polar surface area (TPSA) is 30.7 Å². The maximum atomic E-state index is 12.2. The number of aromatic nitrogens is 3. The highest BCUT2D eigenvalue weighted by Crippen LogP contribution is 2.24. The quantitative estimate of drug-likeness (QED) is 0.793. The fraction of sp³-hybridized carbons (Fsp3) is 0.111. The number of nitrogens with zero attached hydrogens (tertiary/aromatic N) is 3. The van der Waals surface area contributed by atoms with Gasteiger partial charge in [-0.05, 0) is 18.2 Å². The molecule has 0 fully saturated rings. The number of alkyl halides is 2. The molecule has 0 aliphatic heterocycles. The lowest BCUT2D eigenvalue weighted by atomic mass is 10.3. The number of pyridine rings is 1. The van der Waals surface area contributed by atoms with Crippen molar-refractivity contribution in [2.24, 2.45) is 0 Å². The van der Waals surface area contributed by atoms with Crippen LogP contribution in [0, 0.1) is 0 Å². The molecule has 0 aliphatic carbocycles. The van der Waals surface area contributed by atoms with E-state index in [9.17, 15) is 8.78 Å². The Balaban J connectivity index is 2.42. The fourth-order valence-corrected chi connectivity index (χ4v) is 1.37. The first-order chi connectivity index (χ1) is 7.18. The van der Waals surface area contributed by atoms with E-state index in [0.717, 1.165) is 0 Å². The molecular weight excluding hydrogens is 224 g/mol. The van der Waals surface area contributed by atoms with Gasteiger partial charge in [-0.25, -0.2) is 4.68 Å². The second kappa shape index (κ2) is 3.94. The van der Waals surface area contributed by atoms with Gasteiger partial charge in [-0.1, -0.05) is 11.6 Å². The van der Waals surface area contributed by atoms with Crippen LogP contribution in [0.2, 0.25) is 5.02 Å². The highest BCUT2D eigenvalue weighted by molar-refractivity contribution is 6.32. The van der Waals surface area contributed by atoms with Crippen LogP contribution in [0.1, 0.15) is 6.55 Å². The molecule has 0 amide bonds. The molecule has 0 N–H and O–H groups in total. The summed E-state index contributed by atoms with van der Waals surface area (Å²) >= 11 is 5.85. The molecule has 0 saturated heterocycles. The van der Waals surface area contributed by atoms with Crippen LogP contribution in [0.5, 0.6) is 0 Å². The van der Waals surface area contributed by atoms with Gasteiger partial charge < -0.3 is 0 Å². The molecule has 15 heavy (non-hydrogen) atoms. The lowest BCUT2D eigenvalue weighted by Crippen LogP contribution is -1.98. The van der Waals surface area contributed by atoms with Crippen LogP contribution >= 0.6 is 11.6 Å². The molecule has 2 aromatic heterocycles. The number of hydrogen-bond acceptors (Lipinski definition) is 2. The van der Waals surface area contributed by atoms with Crippen LogP contribution in [-0.2, 0) is 0 Å². The van der Waals surface area contributed by atoms with Crippen molar-refractivity contribution in [2.45, 2.75) is 6.55 Å². The SMILES string of the molecule is FC(F)n1ccc(-c2ncccc2Cl)n1. The van der Waals surface area contributed by atoms with Crippen LogP contribution < -0.4 is 0 Å². The number of rotatable bonds is 2. The first kappa shape index (κ1) is 10.0. The molecule has 0 aliphatic rings. The minimum atomic E-state index is -2.65. The number of hydrogen-bond donors (Lipinski definition) is 0. The van der Waals surface area contributed by atoms with Crippen LogP contribution in [0.4, 0.5) is 8.78 Å². The van der Waals surface area contributed by atoms with Gasteiger partial charge in [-0.15, -0.1) is 0 Å². The summed E-state index contributed by atoms with van der Waals surface area (Å²) < 4.78 is 25.0. The number of halogens is 3. The molecule has 3 nitrogen and oxygen atoms in total. The van der Waals surface area contributed by atoms with Gasteiger partial charge in [0.15, 0.2) is 0 Å². The molecule has 2 aromatic rings. The predicted octanol–water partition coefficient (Wildman–Crippen LogP) is 2.99. The van der Waals surface area contributed by atoms with Crippen LogP contribution in [0.3, 0.4) is 0 Å². The third-order valence-electron chi connectivity index (χ3n) is 1.81. The maximum absolute atomic E-state index is 12.2. The largest absolute Gasteiger partial charge is 0.333 e. The maximum Gasteiger partial charge on any atom is 0.333 e. The zero-order chi connectivity index (χ0) is 10.8. The summed E-state index contributed by atoms with van der Waals surface area (Å²) in [5.74, 6) is 0. The van der Waals surface area contributed by atoms with E-state index in [2.05, 4.69) is 10.1 Å². The normalized spacial score (nSPS) is 10.9. The minimum absolute atomic E-state index is 0.334. The van der Waals surface area contributed by atoms with Gasteiger partial charge in [-0.3, -0.25) is 4.98 Å². The molecule has 0 bridgehead atoms. The Labute approximate surface area is 89.3 Å². The minimum Gasteiger partial charge on any atom is -0.253 e. The third kappa shape index (κ3) is 1.97. The first-order valence-corrected chi connectivity index (χ1v) is 4.50. The third-order valence-corrected chi connectivity index (χ3v) is 2.11. The summed E-state index contributed by atoms with van der Waals surface area (Å²) in [7, 11) is 0. The van der Waals surface area contributed by atoms with Crippen molar-refractivity contribution in [1.29, 1.82) is 0 Å². The van der Waals surface area contributed by atoms with Crippen LogP contribution in [0.15, 0.2) is 30.6 Å². The molecular formula is C9H6ClF2N3. The van der Waals surface area contributed by atoms with E-state index >= 15 is 0 Å². The molecule has 2 heterocycles. The Morgan fingerprint density at radius 1 is 1.33 bits per heavy atom. The van der Waals surface area contributed by atoms with Gasteiger partial charge in [0.05, 0.1) is 5.02 Å². The van der Waals surface area contributed by atoms with Crippen molar-refractivity contribution >= 4 is 11.6 Å². The molecule has 0 radical (unpaired) electrons. The van der Waals surface area contributed by atoms with E-state index in [1.807, 2.05) is 0 Å². The Morgan fingerprint density at radius 3 is 2.73 bits per heavy atom. The summed E-state index contributed by atoms with van der Waals surface area (Å²) in [5.41, 5.74) is 0.736. The van der Waals surface area contributed by atoms with Crippen molar-refractivity contribution in [3.8, 4) is 11.4 Å². The Hall–Kier alpha value is -1.49. The molecule has 0 unspecified atom stereocenters. The highest BCUT2D eigenvalue weighted by atomic mass is 35.5. The summed E-state index contributed by atoms with van der Waals surface area (Å²) in [6, 6.07) is 4.74. The Bertz CT molecular complexity index is 470. The lowest BCUT2D eigenvalue weighted by molar-refractivity contribution is 0.0568. The van der Waals surface area contributed by atoms with Crippen molar-refractivity contribution in [2.75, 3.05) is 0 Å². The summed E-state index contributed by atoms with van der Waals surface area (Å²) in [6.07, 6.45) is 2.72. The predicted molar refractivity (Wildman–Crippen MR) is 51.7 cm³/mol. The van der Waals surface area contributed by atoms with Crippen LogP contribution in [-0.4, -0.2) is 14.8 Å². The zero-order valence-electron chi connectivity index (χ0n) is 7.44. The monoisotopic (exact) mass is 229 g/mol. The van der Waals surface area contributed by atoms with E-state index in [4.69, 9.17) is 11.6 Å². The van der Waals surface area contributed by atoms with Gasteiger partial charge in [0, 0.05) is 12.4 Å². The van der Waals surface area contributed by atoms with E-state index in [1.165, 1.54) is 18.5 Å². The zero-order valence-corrected chi connectivity index (χ0v) is 8.20. The smallest absolute Gasteiger partial charge is 0.253 e. The summed E-state index contributed by atoms with van der Waals surface area (Å²) in [6.45, 7) is -2.65. The van der Waals surface area contributed by atoms with E-state index in [-0.39, 0.29) is 0 Å². The molecule has 6 heteroatoms. The van der Waals surface area contributed by atoms with Gasteiger partial charge in [0.2, 0.25) is 0 Å². The second-order valence-corrected chi connectivity index (χ2v) is 3.20. The first-order valence-electron chi connectivity index (χ1n) is 4.12. The van der Waals surface area contributed by atoms with Gasteiger partial charge in [0.25, 0.3) is 0 Å². The highest BCUT2D eigenvalue weighted by Gasteiger charge is 2.11. The van der Waals surface area contributed by atoms with Gasteiger partial charge >= 0.3 is 6.55 Å². The Kier molecular flexibility index (Phi) is 2.64. The van der Waals surface area contributed by atoms with Gasteiger partial charge in [0.1, 0.15) is 11.4 Å². The van der Waals surface area contributed by atoms with Crippen molar-refractivity contribution in [3.63, 3.8) is 0 Å². The van der Waals surface area contributed by atoms with E-state index < -0.39 is 6.55 Å². The lowest BCUT2D eigenvalue weighted by Gasteiger charge is -1.99. The molecule has 2 rings (SSSR count). The van der Waals surface area contributed by atoms with Crippen molar-refractivity contribution in [3.05, 3.63) is 35.6 Å². The molecule has 0 spiro atoms. The molecule has 0 saturated carbocycles. The molecule has 0 aromatic carbocycles.